The van der Waals surface area contributed by atoms with Gasteiger partial charge in [-0.25, -0.2) is 4.90 Å². The summed E-state index contributed by atoms with van der Waals surface area (Å²) in [4.78, 5) is 27.4. The second kappa shape index (κ2) is 5.24. The zero-order valence-electron chi connectivity index (χ0n) is 13.9. The van der Waals surface area contributed by atoms with E-state index in [9.17, 15) is 9.59 Å². The van der Waals surface area contributed by atoms with E-state index < -0.39 is 17.4 Å². The molecule has 1 aromatic carbocycles. The zero-order chi connectivity index (χ0) is 17.2. The van der Waals surface area contributed by atoms with E-state index in [4.69, 9.17) is 14.2 Å². The highest BCUT2D eigenvalue weighted by molar-refractivity contribution is 6.23. The molecule has 2 amide bonds. The van der Waals surface area contributed by atoms with Gasteiger partial charge in [0.2, 0.25) is 11.8 Å². The van der Waals surface area contributed by atoms with Gasteiger partial charge in [-0.05, 0) is 19.1 Å². The van der Waals surface area contributed by atoms with E-state index in [1.54, 1.807) is 0 Å². The summed E-state index contributed by atoms with van der Waals surface area (Å²) in [6, 6.07) is 7.44. The van der Waals surface area contributed by atoms with Crippen LogP contribution in [0.2, 0.25) is 0 Å². The molecule has 0 unspecified atom stereocenters. The normalized spacial score (nSPS) is 37.9. The standard InChI is InChI=1S/C19H19NO5/c1-11-2-4-12(5-3-11)20-17(21)15-14-6-7-19(25-14,16(15)18(20)22)10-23-8-13-9-24-13/h2-7,13-16H,8-10H2,1H3/t13-,14-,15+,16-,19+/m0/s1. The monoisotopic (exact) mass is 341 g/mol. The number of ether oxygens (including phenoxy) is 3. The molecule has 0 N–H and O–H groups in total. The summed E-state index contributed by atoms with van der Waals surface area (Å²) < 4.78 is 16.9. The fourth-order valence-electron chi connectivity index (χ4n) is 4.13. The summed E-state index contributed by atoms with van der Waals surface area (Å²) in [5, 5.41) is 0. The number of imide groups is 1. The van der Waals surface area contributed by atoms with Crippen LogP contribution in [0, 0.1) is 18.8 Å². The highest BCUT2D eigenvalue weighted by Gasteiger charge is 2.67. The molecule has 1 aromatic rings. The van der Waals surface area contributed by atoms with Gasteiger partial charge < -0.3 is 14.2 Å². The highest BCUT2D eigenvalue weighted by Crippen LogP contribution is 2.52. The van der Waals surface area contributed by atoms with E-state index in [0.717, 1.165) is 12.2 Å². The number of epoxide rings is 1. The number of hydrogen-bond acceptors (Lipinski definition) is 5. The third-order valence-electron chi connectivity index (χ3n) is 5.48. The predicted molar refractivity (Wildman–Crippen MR) is 88.0 cm³/mol. The van der Waals surface area contributed by atoms with Crippen LogP contribution in [-0.2, 0) is 23.8 Å². The number of amides is 2. The number of carbonyl (C=O) groups is 2. The van der Waals surface area contributed by atoms with Crippen LogP contribution in [0.3, 0.4) is 0 Å². The SMILES string of the molecule is Cc1ccc(N2C(=O)[C@@H]3[C@@H]4C=C[C@](COC[C@H]5CO5)(O4)[C@@H]3C2=O)cc1. The Bertz CT molecular complexity index is 769. The van der Waals surface area contributed by atoms with Crippen molar-refractivity contribution in [3.8, 4) is 0 Å². The van der Waals surface area contributed by atoms with Crippen LogP contribution < -0.4 is 4.90 Å². The number of anilines is 1. The first-order chi connectivity index (χ1) is 12.1. The summed E-state index contributed by atoms with van der Waals surface area (Å²) in [7, 11) is 0. The minimum Gasteiger partial charge on any atom is -0.375 e. The molecule has 6 heteroatoms. The first kappa shape index (κ1) is 15.3. The Morgan fingerprint density at radius 3 is 2.72 bits per heavy atom. The predicted octanol–water partition coefficient (Wildman–Crippen LogP) is 1.22. The van der Waals surface area contributed by atoms with Gasteiger partial charge in [-0.3, -0.25) is 9.59 Å². The van der Waals surface area contributed by atoms with Crippen LogP contribution in [0.4, 0.5) is 5.69 Å². The summed E-state index contributed by atoms with van der Waals surface area (Å²) in [5.74, 6) is -1.35. The maximum Gasteiger partial charge on any atom is 0.241 e. The minimum atomic E-state index is -0.837. The number of fused-ring (bicyclic) bond motifs is 5. The number of hydrogen-bond donors (Lipinski definition) is 0. The molecular weight excluding hydrogens is 322 g/mol. The first-order valence-electron chi connectivity index (χ1n) is 8.60. The Morgan fingerprint density at radius 2 is 2.00 bits per heavy atom. The Hall–Kier alpha value is -2.02. The second-order valence-electron chi connectivity index (χ2n) is 7.22. The maximum absolute atomic E-state index is 13.1. The maximum atomic E-state index is 13.1. The number of benzene rings is 1. The van der Waals surface area contributed by atoms with Gasteiger partial charge in [0.25, 0.3) is 0 Å². The lowest BCUT2D eigenvalue weighted by molar-refractivity contribution is -0.129. The third-order valence-corrected chi connectivity index (χ3v) is 5.48. The Balaban J connectivity index is 1.43. The van der Waals surface area contributed by atoms with Gasteiger partial charge in [0.05, 0.1) is 43.4 Å². The molecule has 5 atom stereocenters. The highest BCUT2D eigenvalue weighted by atomic mass is 16.6. The summed E-state index contributed by atoms with van der Waals surface area (Å²) in [5.41, 5.74) is 0.869. The van der Waals surface area contributed by atoms with Crippen LogP contribution in [0.25, 0.3) is 0 Å². The van der Waals surface area contributed by atoms with Crippen LogP contribution in [0.1, 0.15) is 5.56 Å². The fraction of sp³-hybridized carbons (Fsp3) is 0.474. The van der Waals surface area contributed by atoms with Crippen molar-refractivity contribution < 1.29 is 23.8 Å². The van der Waals surface area contributed by atoms with E-state index >= 15 is 0 Å². The quantitative estimate of drug-likeness (QED) is 0.458. The molecule has 3 fully saturated rings. The number of nitrogens with zero attached hydrogens (tertiary/aromatic N) is 1. The van der Waals surface area contributed by atoms with Crippen molar-refractivity contribution in [2.75, 3.05) is 24.7 Å². The number of aryl methyl sites for hydroxylation is 1. The molecule has 25 heavy (non-hydrogen) atoms. The Kier molecular flexibility index (Phi) is 3.20. The van der Waals surface area contributed by atoms with Gasteiger partial charge in [0.15, 0.2) is 0 Å². The van der Waals surface area contributed by atoms with Gasteiger partial charge in [-0.15, -0.1) is 0 Å². The first-order valence-corrected chi connectivity index (χ1v) is 8.60. The topological polar surface area (TPSA) is 68.4 Å². The summed E-state index contributed by atoms with van der Waals surface area (Å²) in [6.07, 6.45) is 3.59. The summed E-state index contributed by atoms with van der Waals surface area (Å²) in [6.45, 7) is 3.45. The van der Waals surface area contributed by atoms with E-state index in [2.05, 4.69) is 0 Å². The molecule has 0 spiro atoms. The Labute approximate surface area is 145 Å². The van der Waals surface area contributed by atoms with Gasteiger partial charge in [0.1, 0.15) is 11.7 Å². The molecule has 2 bridgehead atoms. The van der Waals surface area contributed by atoms with Crippen LogP contribution in [-0.4, -0.2) is 49.4 Å². The van der Waals surface area contributed by atoms with Crippen molar-refractivity contribution >= 4 is 17.5 Å². The minimum absolute atomic E-state index is 0.153. The average molecular weight is 341 g/mol. The van der Waals surface area contributed by atoms with Crippen LogP contribution >= 0.6 is 0 Å². The van der Waals surface area contributed by atoms with Crippen LogP contribution in [0.15, 0.2) is 36.4 Å². The van der Waals surface area contributed by atoms with Crippen molar-refractivity contribution in [1.29, 1.82) is 0 Å². The van der Waals surface area contributed by atoms with Gasteiger partial charge in [-0.1, -0.05) is 29.8 Å². The van der Waals surface area contributed by atoms with Gasteiger partial charge in [0, 0.05) is 0 Å². The lowest BCUT2D eigenvalue weighted by atomic mass is 9.77. The van der Waals surface area contributed by atoms with Crippen molar-refractivity contribution in [3.63, 3.8) is 0 Å². The summed E-state index contributed by atoms with van der Waals surface area (Å²) >= 11 is 0. The molecule has 4 aliphatic rings. The number of carbonyl (C=O) groups excluding carboxylic acids is 2. The molecule has 0 aliphatic carbocycles. The van der Waals surface area contributed by atoms with E-state index in [-0.39, 0.29) is 30.6 Å². The fourth-order valence-corrected chi connectivity index (χ4v) is 4.13. The average Bonchev–Trinajstić information content (AvgIpc) is 3.15. The molecule has 0 aromatic heterocycles. The van der Waals surface area contributed by atoms with E-state index in [0.29, 0.717) is 12.3 Å². The molecule has 0 radical (unpaired) electrons. The number of rotatable bonds is 5. The lowest BCUT2D eigenvalue weighted by Crippen LogP contribution is -2.44. The van der Waals surface area contributed by atoms with Crippen molar-refractivity contribution in [2.24, 2.45) is 11.8 Å². The largest absolute Gasteiger partial charge is 0.375 e. The molecule has 3 saturated heterocycles. The second-order valence-corrected chi connectivity index (χ2v) is 7.22. The molecule has 5 rings (SSSR count). The molecule has 4 aliphatic heterocycles. The van der Waals surface area contributed by atoms with Crippen LogP contribution in [0.5, 0.6) is 0 Å². The lowest BCUT2D eigenvalue weighted by Gasteiger charge is -2.28. The molecule has 130 valence electrons. The van der Waals surface area contributed by atoms with Crippen molar-refractivity contribution in [3.05, 3.63) is 42.0 Å². The van der Waals surface area contributed by atoms with Crippen molar-refractivity contribution in [1.82, 2.24) is 0 Å². The van der Waals surface area contributed by atoms with Gasteiger partial charge >= 0.3 is 0 Å². The third kappa shape index (κ3) is 2.21. The smallest absolute Gasteiger partial charge is 0.241 e. The molecule has 4 heterocycles. The van der Waals surface area contributed by atoms with E-state index in [1.165, 1.54) is 4.90 Å². The Morgan fingerprint density at radius 1 is 1.24 bits per heavy atom. The van der Waals surface area contributed by atoms with Crippen molar-refractivity contribution in [2.45, 2.75) is 24.7 Å². The molecule has 0 saturated carbocycles. The zero-order valence-corrected chi connectivity index (χ0v) is 13.9. The van der Waals surface area contributed by atoms with E-state index in [1.807, 2.05) is 43.3 Å². The molecule has 6 nitrogen and oxygen atoms in total. The van der Waals surface area contributed by atoms with Gasteiger partial charge in [-0.2, -0.15) is 0 Å². The molecular formula is C19H19NO5.